The predicted octanol–water partition coefficient (Wildman–Crippen LogP) is 2.16. The molecule has 1 aliphatic rings. The van der Waals surface area contributed by atoms with Gasteiger partial charge in [-0.25, -0.2) is 9.97 Å². The highest BCUT2D eigenvalue weighted by molar-refractivity contribution is 7.09. The molecule has 1 unspecified atom stereocenters. The Morgan fingerprint density at radius 3 is 3.22 bits per heavy atom. The Labute approximate surface area is 111 Å². The van der Waals surface area contributed by atoms with Crippen LogP contribution >= 0.6 is 11.3 Å². The normalized spacial score (nSPS) is 20.2. The molecule has 0 spiro atoms. The number of hydrogen-bond donors (Lipinski definition) is 1. The first-order valence-electron chi connectivity index (χ1n) is 6.44. The maximum absolute atomic E-state index is 4.53. The Morgan fingerprint density at radius 1 is 1.56 bits per heavy atom. The molecule has 2 aromatic rings. The van der Waals surface area contributed by atoms with Gasteiger partial charge in [0.1, 0.15) is 5.01 Å². The Kier molecular flexibility index (Phi) is 3.43. The van der Waals surface area contributed by atoms with Crippen molar-refractivity contribution >= 4 is 11.3 Å². The summed E-state index contributed by atoms with van der Waals surface area (Å²) in [6, 6.07) is 0. The molecule has 5 heteroatoms. The van der Waals surface area contributed by atoms with Crippen LogP contribution < -0.4 is 5.32 Å². The van der Waals surface area contributed by atoms with Crippen LogP contribution in [0.25, 0.3) is 0 Å². The molecule has 0 aliphatic carbocycles. The van der Waals surface area contributed by atoms with E-state index >= 15 is 0 Å². The second-order valence-electron chi connectivity index (χ2n) is 4.87. The molecule has 1 saturated heterocycles. The lowest BCUT2D eigenvalue weighted by molar-refractivity contribution is 0.444. The molecule has 96 valence electrons. The zero-order valence-corrected chi connectivity index (χ0v) is 11.4. The number of thiazole rings is 1. The van der Waals surface area contributed by atoms with Gasteiger partial charge in [0.2, 0.25) is 0 Å². The standard InChI is InChI=1S/C13H18N4S/c1-10-8-18-13(16-10)7-17-9-15-6-12(17)11-3-2-4-14-5-11/h6,8-9,11,14H,2-5,7H2,1H3. The molecule has 4 nitrogen and oxygen atoms in total. The first kappa shape index (κ1) is 11.9. The van der Waals surface area contributed by atoms with Gasteiger partial charge < -0.3 is 9.88 Å². The van der Waals surface area contributed by atoms with Gasteiger partial charge in [-0.3, -0.25) is 0 Å². The molecule has 2 aromatic heterocycles. The van der Waals surface area contributed by atoms with Gasteiger partial charge in [0, 0.05) is 35.4 Å². The van der Waals surface area contributed by atoms with Crippen LogP contribution in [0.15, 0.2) is 17.9 Å². The summed E-state index contributed by atoms with van der Waals surface area (Å²) in [6.45, 7) is 5.11. The predicted molar refractivity (Wildman–Crippen MR) is 73.0 cm³/mol. The molecule has 1 fully saturated rings. The van der Waals surface area contributed by atoms with Crippen LogP contribution in [0.2, 0.25) is 0 Å². The fourth-order valence-electron chi connectivity index (χ4n) is 2.53. The van der Waals surface area contributed by atoms with E-state index < -0.39 is 0 Å². The molecule has 0 saturated carbocycles. The van der Waals surface area contributed by atoms with Gasteiger partial charge >= 0.3 is 0 Å². The molecule has 0 amide bonds. The first-order valence-corrected chi connectivity index (χ1v) is 7.32. The van der Waals surface area contributed by atoms with Crippen LogP contribution in [0.1, 0.15) is 35.2 Å². The van der Waals surface area contributed by atoms with Gasteiger partial charge in [-0.05, 0) is 26.3 Å². The molecule has 18 heavy (non-hydrogen) atoms. The Balaban J connectivity index is 1.78. The van der Waals surface area contributed by atoms with Crippen molar-refractivity contribution < 1.29 is 0 Å². The number of hydrogen-bond acceptors (Lipinski definition) is 4. The van der Waals surface area contributed by atoms with E-state index in [-0.39, 0.29) is 0 Å². The number of nitrogens with zero attached hydrogens (tertiary/aromatic N) is 3. The van der Waals surface area contributed by atoms with Crippen LogP contribution in [0, 0.1) is 6.92 Å². The van der Waals surface area contributed by atoms with Gasteiger partial charge in [-0.2, -0.15) is 0 Å². The lowest BCUT2D eigenvalue weighted by Gasteiger charge is -2.23. The number of rotatable bonds is 3. The van der Waals surface area contributed by atoms with Crippen molar-refractivity contribution in [3.05, 3.63) is 34.3 Å². The lowest BCUT2D eigenvalue weighted by Crippen LogP contribution is -2.29. The average Bonchev–Trinajstić information content (AvgIpc) is 3.00. The summed E-state index contributed by atoms with van der Waals surface area (Å²) in [7, 11) is 0. The van der Waals surface area contributed by atoms with Crippen LogP contribution in [-0.4, -0.2) is 27.6 Å². The van der Waals surface area contributed by atoms with Crippen LogP contribution in [0.4, 0.5) is 0 Å². The van der Waals surface area contributed by atoms with Crippen molar-refractivity contribution in [1.82, 2.24) is 19.9 Å². The SMILES string of the molecule is Cc1csc(Cn2cncc2C2CCCNC2)n1. The summed E-state index contributed by atoms with van der Waals surface area (Å²) in [4.78, 5) is 8.84. The summed E-state index contributed by atoms with van der Waals surface area (Å²) in [5.74, 6) is 0.599. The monoisotopic (exact) mass is 262 g/mol. The Morgan fingerprint density at radius 2 is 2.50 bits per heavy atom. The van der Waals surface area contributed by atoms with E-state index in [1.165, 1.54) is 18.5 Å². The third-order valence-electron chi connectivity index (χ3n) is 3.43. The third kappa shape index (κ3) is 2.47. The fraction of sp³-hybridized carbons (Fsp3) is 0.538. The minimum Gasteiger partial charge on any atom is -0.327 e. The van der Waals surface area contributed by atoms with Crippen LogP contribution in [0.5, 0.6) is 0 Å². The van der Waals surface area contributed by atoms with Crippen LogP contribution in [-0.2, 0) is 6.54 Å². The lowest BCUT2D eigenvalue weighted by atomic mass is 9.96. The van der Waals surface area contributed by atoms with E-state index in [2.05, 4.69) is 25.2 Å². The molecule has 3 rings (SSSR count). The number of aryl methyl sites for hydroxylation is 1. The maximum Gasteiger partial charge on any atom is 0.113 e. The molecule has 0 aromatic carbocycles. The molecule has 3 heterocycles. The minimum atomic E-state index is 0.599. The number of imidazole rings is 1. The summed E-state index contributed by atoms with van der Waals surface area (Å²) < 4.78 is 2.25. The van der Waals surface area contributed by atoms with Crippen LogP contribution in [0.3, 0.4) is 0 Å². The zero-order chi connectivity index (χ0) is 12.4. The van der Waals surface area contributed by atoms with E-state index in [0.29, 0.717) is 5.92 Å². The van der Waals surface area contributed by atoms with Crippen molar-refractivity contribution in [2.75, 3.05) is 13.1 Å². The quantitative estimate of drug-likeness (QED) is 0.922. The van der Waals surface area contributed by atoms with Crippen molar-refractivity contribution in [3.63, 3.8) is 0 Å². The summed E-state index contributed by atoms with van der Waals surface area (Å²) >= 11 is 1.73. The highest BCUT2D eigenvalue weighted by Crippen LogP contribution is 2.23. The fourth-order valence-corrected chi connectivity index (χ4v) is 3.30. The Bertz CT molecular complexity index is 511. The van der Waals surface area contributed by atoms with E-state index in [1.54, 1.807) is 11.3 Å². The highest BCUT2D eigenvalue weighted by Gasteiger charge is 2.19. The second kappa shape index (κ2) is 5.20. The van der Waals surface area contributed by atoms with Gasteiger partial charge in [-0.1, -0.05) is 0 Å². The first-order chi connectivity index (χ1) is 8.83. The van der Waals surface area contributed by atoms with Crippen molar-refractivity contribution in [2.45, 2.75) is 32.2 Å². The molecule has 0 bridgehead atoms. The molecule has 1 aliphatic heterocycles. The van der Waals surface area contributed by atoms with E-state index in [9.17, 15) is 0 Å². The number of piperidine rings is 1. The molecule has 1 N–H and O–H groups in total. The van der Waals surface area contributed by atoms with E-state index in [1.807, 2.05) is 19.4 Å². The van der Waals surface area contributed by atoms with Gasteiger partial charge in [0.05, 0.1) is 12.9 Å². The number of aromatic nitrogens is 3. The third-order valence-corrected chi connectivity index (χ3v) is 4.38. The van der Waals surface area contributed by atoms with Crippen molar-refractivity contribution in [1.29, 1.82) is 0 Å². The zero-order valence-electron chi connectivity index (χ0n) is 10.6. The van der Waals surface area contributed by atoms with Gasteiger partial charge in [0.25, 0.3) is 0 Å². The average molecular weight is 262 g/mol. The van der Waals surface area contributed by atoms with Gasteiger partial charge in [0.15, 0.2) is 0 Å². The topological polar surface area (TPSA) is 42.7 Å². The van der Waals surface area contributed by atoms with Crippen molar-refractivity contribution in [3.8, 4) is 0 Å². The van der Waals surface area contributed by atoms with Crippen molar-refractivity contribution in [2.24, 2.45) is 0 Å². The molecular weight excluding hydrogens is 244 g/mol. The smallest absolute Gasteiger partial charge is 0.113 e. The van der Waals surface area contributed by atoms with E-state index in [4.69, 9.17) is 0 Å². The maximum atomic E-state index is 4.53. The van der Waals surface area contributed by atoms with E-state index in [0.717, 1.165) is 30.3 Å². The van der Waals surface area contributed by atoms with Gasteiger partial charge in [-0.15, -0.1) is 11.3 Å². The molecule has 0 radical (unpaired) electrons. The summed E-state index contributed by atoms with van der Waals surface area (Å²) in [6.07, 6.45) is 6.46. The Hall–Kier alpha value is -1.20. The molecular formula is C13H18N4S. The number of nitrogens with one attached hydrogen (secondary N) is 1. The minimum absolute atomic E-state index is 0.599. The second-order valence-corrected chi connectivity index (χ2v) is 5.81. The summed E-state index contributed by atoms with van der Waals surface area (Å²) in [5, 5.41) is 6.73. The highest BCUT2D eigenvalue weighted by atomic mass is 32.1. The summed E-state index contributed by atoms with van der Waals surface area (Å²) in [5.41, 5.74) is 2.45. The molecule has 1 atom stereocenters. The largest absolute Gasteiger partial charge is 0.327 e.